The van der Waals surface area contributed by atoms with Gasteiger partial charge in [-0.3, -0.25) is 4.90 Å². The Labute approximate surface area is 113 Å². The molecular formula is C15H20N4. The van der Waals surface area contributed by atoms with E-state index in [0.717, 1.165) is 42.8 Å². The van der Waals surface area contributed by atoms with Gasteiger partial charge in [0.2, 0.25) is 0 Å². The normalized spacial score (nSPS) is 17.8. The minimum atomic E-state index is -0.0703. The van der Waals surface area contributed by atoms with Gasteiger partial charge in [-0.25, -0.2) is 0 Å². The molecule has 2 heterocycles. The number of hydrogen-bond acceptors (Lipinski definition) is 4. The molecule has 1 aromatic carbocycles. The van der Waals surface area contributed by atoms with Crippen LogP contribution in [0, 0.1) is 0 Å². The molecule has 0 aliphatic carbocycles. The third-order valence-electron chi connectivity index (χ3n) is 4.03. The number of nitrogens with one attached hydrogen (secondary N) is 1. The Kier molecular flexibility index (Phi) is 3.21. The molecule has 3 rings (SSSR count). The molecule has 1 fully saturated rings. The Morgan fingerprint density at radius 1 is 1.11 bits per heavy atom. The van der Waals surface area contributed by atoms with Crippen LogP contribution in [-0.2, 0) is 5.54 Å². The van der Waals surface area contributed by atoms with Crippen molar-refractivity contribution in [2.24, 2.45) is 0 Å². The van der Waals surface area contributed by atoms with Crippen LogP contribution in [0.4, 0.5) is 0 Å². The highest BCUT2D eigenvalue weighted by atomic mass is 15.3. The van der Waals surface area contributed by atoms with E-state index in [-0.39, 0.29) is 5.54 Å². The van der Waals surface area contributed by atoms with Crippen LogP contribution in [-0.4, -0.2) is 41.3 Å². The number of nitrogens with zero attached hydrogens (tertiary/aromatic N) is 3. The van der Waals surface area contributed by atoms with Gasteiger partial charge in [0.15, 0.2) is 0 Å². The van der Waals surface area contributed by atoms with E-state index >= 15 is 0 Å². The Morgan fingerprint density at radius 3 is 2.63 bits per heavy atom. The molecule has 2 aromatic rings. The first kappa shape index (κ1) is 12.5. The Balaban J connectivity index is 1.97. The number of piperazine rings is 1. The van der Waals surface area contributed by atoms with E-state index in [2.05, 4.69) is 46.4 Å². The third-order valence-corrected chi connectivity index (χ3v) is 4.03. The smallest absolute Gasteiger partial charge is 0.0929 e. The summed E-state index contributed by atoms with van der Waals surface area (Å²) in [4.78, 5) is 2.47. The van der Waals surface area contributed by atoms with Crippen molar-refractivity contribution in [2.45, 2.75) is 19.4 Å². The van der Waals surface area contributed by atoms with Gasteiger partial charge < -0.3 is 5.32 Å². The van der Waals surface area contributed by atoms with Crippen LogP contribution in [0.25, 0.3) is 10.9 Å². The average molecular weight is 256 g/mol. The maximum absolute atomic E-state index is 4.44. The number of aromatic nitrogens is 2. The van der Waals surface area contributed by atoms with Gasteiger partial charge in [0, 0.05) is 31.6 Å². The van der Waals surface area contributed by atoms with Crippen LogP contribution in [0.5, 0.6) is 0 Å². The fourth-order valence-corrected chi connectivity index (χ4v) is 2.67. The van der Waals surface area contributed by atoms with Crippen molar-refractivity contribution < 1.29 is 0 Å². The second-order valence-corrected chi connectivity index (χ2v) is 5.58. The van der Waals surface area contributed by atoms with E-state index in [0.29, 0.717) is 0 Å². The Hall–Kier alpha value is -1.52. The Morgan fingerprint density at radius 2 is 1.84 bits per heavy atom. The second-order valence-electron chi connectivity index (χ2n) is 5.58. The van der Waals surface area contributed by atoms with E-state index < -0.39 is 0 Å². The molecular weight excluding hydrogens is 236 g/mol. The fraction of sp³-hybridized carbons (Fsp3) is 0.467. The molecule has 1 aliphatic rings. The van der Waals surface area contributed by atoms with E-state index in [1.165, 1.54) is 0 Å². The van der Waals surface area contributed by atoms with Gasteiger partial charge in [0.25, 0.3) is 0 Å². The molecule has 4 nitrogen and oxygen atoms in total. The third kappa shape index (κ3) is 2.33. The van der Waals surface area contributed by atoms with Gasteiger partial charge >= 0.3 is 0 Å². The number of rotatable bonds is 2. The highest BCUT2D eigenvalue weighted by Crippen LogP contribution is 2.27. The van der Waals surface area contributed by atoms with Crippen molar-refractivity contribution >= 4 is 10.9 Å². The van der Waals surface area contributed by atoms with E-state index in [1.54, 1.807) is 0 Å². The van der Waals surface area contributed by atoms with Crippen LogP contribution >= 0.6 is 0 Å². The maximum atomic E-state index is 4.44. The molecule has 1 N–H and O–H groups in total. The zero-order valence-electron chi connectivity index (χ0n) is 11.6. The van der Waals surface area contributed by atoms with Crippen molar-refractivity contribution in [1.82, 2.24) is 20.4 Å². The molecule has 0 radical (unpaired) electrons. The quantitative estimate of drug-likeness (QED) is 0.889. The van der Waals surface area contributed by atoms with Crippen molar-refractivity contribution in [2.75, 3.05) is 26.2 Å². The average Bonchev–Trinajstić information content (AvgIpc) is 2.47. The first-order valence-electron chi connectivity index (χ1n) is 6.87. The van der Waals surface area contributed by atoms with Crippen LogP contribution in [0.3, 0.4) is 0 Å². The van der Waals surface area contributed by atoms with Crippen molar-refractivity contribution in [1.29, 1.82) is 0 Å². The molecule has 0 unspecified atom stereocenters. The predicted molar refractivity (Wildman–Crippen MR) is 77.0 cm³/mol. The molecule has 1 aromatic heterocycles. The number of benzene rings is 1. The van der Waals surface area contributed by atoms with Crippen molar-refractivity contribution in [3.8, 4) is 0 Å². The summed E-state index contributed by atoms with van der Waals surface area (Å²) in [5.74, 6) is 0. The molecule has 0 amide bonds. The van der Waals surface area contributed by atoms with Gasteiger partial charge in [-0.1, -0.05) is 18.2 Å². The minimum absolute atomic E-state index is 0.0703. The summed E-state index contributed by atoms with van der Waals surface area (Å²) in [5.41, 5.74) is 1.94. The molecule has 100 valence electrons. The van der Waals surface area contributed by atoms with Crippen LogP contribution in [0.15, 0.2) is 30.3 Å². The monoisotopic (exact) mass is 256 g/mol. The Bertz CT molecular complexity index is 573. The molecule has 19 heavy (non-hydrogen) atoms. The summed E-state index contributed by atoms with van der Waals surface area (Å²) in [5, 5.41) is 13.3. The topological polar surface area (TPSA) is 41.1 Å². The molecule has 0 spiro atoms. The number of hydrogen-bond donors (Lipinski definition) is 1. The first-order chi connectivity index (χ1) is 9.18. The molecule has 0 saturated carbocycles. The highest BCUT2D eigenvalue weighted by molar-refractivity contribution is 5.78. The van der Waals surface area contributed by atoms with E-state index in [9.17, 15) is 0 Å². The molecule has 1 aliphatic heterocycles. The van der Waals surface area contributed by atoms with Gasteiger partial charge in [0.05, 0.1) is 16.7 Å². The molecule has 0 bridgehead atoms. The zero-order chi connectivity index (χ0) is 13.3. The van der Waals surface area contributed by atoms with Gasteiger partial charge in [-0.2, -0.15) is 10.2 Å². The van der Waals surface area contributed by atoms with Gasteiger partial charge in [-0.15, -0.1) is 0 Å². The first-order valence-corrected chi connectivity index (χ1v) is 6.87. The summed E-state index contributed by atoms with van der Waals surface area (Å²) in [6.45, 7) is 8.67. The predicted octanol–water partition coefficient (Wildman–Crippen LogP) is 1.77. The standard InChI is InChI=1S/C15H20N4/c1-15(2,19-9-7-16-8-10-19)14-11-12-5-3-4-6-13(12)17-18-14/h3-6,11,16H,7-10H2,1-2H3. The van der Waals surface area contributed by atoms with Crippen LogP contribution in [0.1, 0.15) is 19.5 Å². The van der Waals surface area contributed by atoms with E-state index in [4.69, 9.17) is 0 Å². The lowest BCUT2D eigenvalue weighted by atomic mass is 9.96. The largest absolute Gasteiger partial charge is 0.314 e. The van der Waals surface area contributed by atoms with Crippen LogP contribution in [0.2, 0.25) is 0 Å². The summed E-state index contributed by atoms with van der Waals surface area (Å²) in [7, 11) is 0. The summed E-state index contributed by atoms with van der Waals surface area (Å²) < 4.78 is 0. The molecule has 1 saturated heterocycles. The van der Waals surface area contributed by atoms with Gasteiger partial charge in [-0.05, 0) is 26.0 Å². The lowest BCUT2D eigenvalue weighted by molar-refractivity contribution is 0.0982. The summed E-state index contributed by atoms with van der Waals surface area (Å²) in [6.07, 6.45) is 0. The summed E-state index contributed by atoms with van der Waals surface area (Å²) >= 11 is 0. The van der Waals surface area contributed by atoms with Gasteiger partial charge in [0.1, 0.15) is 0 Å². The SMILES string of the molecule is CC(C)(c1cc2ccccc2nn1)N1CCNCC1. The minimum Gasteiger partial charge on any atom is -0.314 e. The highest BCUT2D eigenvalue weighted by Gasteiger charge is 2.31. The van der Waals surface area contributed by atoms with E-state index in [1.807, 2.05) is 18.2 Å². The fourth-order valence-electron chi connectivity index (χ4n) is 2.67. The zero-order valence-corrected chi connectivity index (χ0v) is 11.6. The number of fused-ring (bicyclic) bond motifs is 1. The molecule has 4 heteroatoms. The maximum Gasteiger partial charge on any atom is 0.0929 e. The lowest BCUT2D eigenvalue weighted by Gasteiger charge is -2.40. The second kappa shape index (κ2) is 4.87. The molecule has 0 atom stereocenters. The van der Waals surface area contributed by atoms with Crippen molar-refractivity contribution in [3.05, 3.63) is 36.0 Å². The lowest BCUT2D eigenvalue weighted by Crippen LogP contribution is -2.52. The summed E-state index contributed by atoms with van der Waals surface area (Å²) in [6, 6.07) is 10.3. The van der Waals surface area contributed by atoms with Crippen molar-refractivity contribution in [3.63, 3.8) is 0 Å². The van der Waals surface area contributed by atoms with Crippen LogP contribution < -0.4 is 5.32 Å².